The summed E-state index contributed by atoms with van der Waals surface area (Å²) >= 11 is 11.9. The van der Waals surface area contributed by atoms with Crippen molar-refractivity contribution in [2.75, 3.05) is 11.9 Å². The first-order valence-electron chi connectivity index (χ1n) is 6.65. The number of hydrogen-bond acceptors (Lipinski definition) is 1. The first-order chi connectivity index (χ1) is 9.16. The highest BCUT2D eigenvalue weighted by Crippen LogP contribution is 2.29. The molecule has 2 rings (SSSR count). The van der Waals surface area contributed by atoms with Gasteiger partial charge in [-0.3, -0.25) is 0 Å². The molecule has 1 saturated carbocycles. The molecule has 2 amide bonds. The number of nitrogens with one attached hydrogen (secondary N) is 2. The molecule has 0 saturated heterocycles. The lowest BCUT2D eigenvalue weighted by atomic mass is 9.89. The van der Waals surface area contributed by atoms with Crippen molar-refractivity contribution in [3.05, 3.63) is 28.2 Å². The average molecular weight is 301 g/mol. The van der Waals surface area contributed by atoms with Crippen LogP contribution in [0.1, 0.15) is 32.1 Å². The second-order valence-electron chi connectivity index (χ2n) is 4.94. The summed E-state index contributed by atoms with van der Waals surface area (Å²) in [5, 5.41) is 6.43. The molecule has 1 fully saturated rings. The maximum Gasteiger partial charge on any atom is 0.319 e. The Bertz CT molecular complexity index is 445. The van der Waals surface area contributed by atoms with Crippen LogP contribution in [0.25, 0.3) is 0 Å². The van der Waals surface area contributed by atoms with E-state index in [0.717, 1.165) is 6.54 Å². The summed E-state index contributed by atoms with van der Waals surface area (Å²) in [6.45, 7) is 0.726. The average Bonchev–Trinajstić information content (AvgIpc) is 2.43. The van der Waals surface area contributed by atoms with Crippen LogP contribution in [-0.2, 0) is 0 Å². The lowest BCUT2D eigenvalue weighted by Crippen LogP contribution is -2.33. The summed E-state index contributed by atoms with van der Waals surface area (Å²) in [6, 6.07) is 4.95. The van der Waals surface area contributed by atoms with Crippen LogP contribution in [-0.4, -0.2) is 12.6 Å². The molecule has 1 aromatic rings. The van der Waals surface area contributed by atoms with E-state index in [9.17, 15) is 4.79 Å². The van der Waals surface area contributed by atoms with Crippen LogP contribution in [0.3, 0.4) is 0 Å². The molecule has 0 radical (unpaired) electrons. The highest BCUT2D eigenvalue weighted by Gasteiger charge is 2.14. The standard InChI is InChI=1S/C14H18Cl2N2O/c15-11-7-4-8-12(13(11)16)18-14(19)17-9-10-5-2-1-3-6-10/h4,7-8,10H,1-3,5-6,9H2,(H2,17,18,19). The summed E-state index contributed by atoms with van der Waals surface area (Å²) in [5.41, 5.74) is 0.537. The Hall–Kier alpha value is -0.930. The van der Waals surface area contributed by atoms with Crippen molar-refractivity contribution in [1.82, 2.24) is 5.32 Å². The van der Waals surface area contributed by atoms with E-state index < -0.39 is 0 Å². The molecule has 2 N–H and O–H groups in total. The number of benzene rings is 1. The number of carbonyl (C=O) groups excluding carboxylic acids is 1. The van der Waals surface area contributed by atoms with E-state index in [1.807, 2.05) is 0 Å². The third-order valence-corrected chi connectivity index (χ3v) is 4.29. The van der Waals surface area contributed by atoms with Gasteiger partial charge in [0.05, 0.1) is 15.7 Å². The minimum absolute atomic E-state index is 0.227. The predicted molar refractivity (Wildman–Crippen MR) is 80.1 cm³/mol. The number of anilines is 1. The van der Waals surface area contributed by atoms with Crippen LogP contribution < -0.4 is 10.6 Å². The fourth-order valence-corrected chi connectivity index (χ4v) is 2.74. The third-order valence-electron chi connectivity index (χ3n) is 3.48. The van der Waals surface area contributed by atoms with Crippen molar-refractivity contribution in [2.45, 2.75) is 32.1 Å². The number of urea groups is 1. The molecule has 5 heteroatoms. The molecule has 1 aliphatic carbocycles. The van der Waals surface area contributed by atoms with Gasteiger partial charge in [-0.1, -0.05) is 48.5 Å². The topological polar surface area (TPSA) is 41.1 Å². The number of amides is 2. The number of halogens is 2. The van der Waals surface area contributed by atoms with Gasteiger partial charge in [-0.15, -0.1) is 0 Å². The summed E-state index contributed by atoms with van der Waals surface area (Å²) in [5.74, 6) is 0.606. The number of carbonyl (C=O) groups is 1. The smallest absolute Gasteiger partial charge is 0.319 e. The zero-order valence-electron chi connectivity index (χ0n) is 10.7. The van der Waals surface area contributed by atoms with Crippen molar-refractivity contribution in [2.24, 2.45) is 5.92 Å². The van der Waals surface area contributed by atoms with Crippen LogP contribution in [0.4, 0.5) is 10.5 Å². The molecule has 0 bridgehead atoms. The van der Waals surface area contributed by atoms with E-state index in [4.69, 9.17) is 23.2 Å². The van der Waals surface area contributed by atoms with Gasteiger partial charge in [0.15, 0.2) is 0 Å². The predicted octanol–water partition coefficient (Wildman–Crippen LogP) is 4.70. The zero-order chi connectivity index (χ0) is 13.7. The molecule has 104 valence electrons. The van der Waals surface area contributed by atoms with Crippen LogP contribution in [0.2, 0.25) is 10.0 Å². The molecular weight excluding hydrogens is 283 g/mol. The molecule has 0 heterocycles. The number of hydrogen-bond donors (Lipinski definition) is 2. The molecular formula is C14H18Cl2N2O. The fraction of sp³-hybridized carbons (Fsp3) is 0.500. The molecule has 0 spiro atoms. The summed E-state index contributed by atoms with van der Waals surface area (Å²) in [4.78, 5) is 11.8. The van der Waals surface area contributed by atoms with Gasteiger partial charge in [0.2, 0.25) is 0 Å². The Balaban J connectivity index is 1.82. The van der Waals surface area contributed by atoms with Gasteiger partial charge < -0.3 is 10.6 Å². The normalized spacial score (nSPS) is 16.1. The van der Waals surface area contributed by atoms with E-state index in [1.165, 1.54) is 32.1 Å². The van der Waals surface area contributed by atoms with Crippen molar-refractivity contribution in [1.29, 1.82) is 0 Å². The van der Waals surface area contributed by atoms with Gasteiger partial charge in [0, 0.05) is 6.54 Å². The molecule has 0 atom stereocenters. The highest BCUT2D eigenvalue weighted by molar-refractivity contribution is 6.43. The Morgan fingerprint density at radius 3 is 2.68 bits per heavy atom. The van der Waals surface area contributed by atoms with E-state index in [2.05, 4.69) is 10.6 Å². The lowest BCUT2D eigenvalue weighted by molar-refractivity contribution is 0.247. The maximum atomic E-state index is 11.8. The third kappa shape index (κ3) is 4.29. The van der Waals surface area contributed by atoms with Gasteiger partial charge >= 0.3 is 6.03 Å². The van der Waals surface area contributed by atoms with Crippen LogP contribution in [0.15, 0.2) is 18.2 Å². The summed E-state index contributed by atoms with van der Waals surface area (Å²) < 4.78 is 0. The molecule has 1 aliphatic rings. The molecule has 3 nitrogen and oxygen atoms in total. The zero-order valence-corrected chi connectivity index (χ0v) is 12.2. The molecule has 0 aromatic heterocycles. The maximum absolute atomic E-state index is 11.8. The Morgan fingerprint density at radius 1 is 1.21 bits per heavy atom. The largest absolute Gasteiger partial charge is 0.338 e. The van der Waals surface area contributed by atoms with Gasteiger partial charge in [0.1, 0.15) is 0 Å². The van der Waals surface area contributed by atoms with Crippen LogP contribution in [0.5, 0.6) is 0 Å². The molecule has 19 heavy (non-hydrogen) atoms. The van der Waals surface area contributed by atoms with Crippen molar-refractivity contribution >= 4 is 34.9 Å². The molecule has 0 aliphatic heterocycles. The van der Waals surface area contributed by atoms with Crippen molar-refractivity contribution < 1.29 is 4.79 Å². The minimum Gasteiger partial charge on any atom is -0.338 e. The van der Waals surface area contributed by atoms with E-state index in [0.29, 0.717) is 21.7 Å². The first kappa shape index (κ1) is 14.5. The van der Waals surface area contributed by atoms with Gasteiger partial charge in [-0.25, -0.2) is 4.79 Å². The molecule has 0 unspecified atom stereocenters. The second kappa shape index (κ2) is 7.01. The van der Waals surface area contributed by atoms with Gasteiger partial charge in [-0.05, 0) is 30.9 Å². The van der Waals surface area contributed by atoms with Crippen LogP contribution in [0, 0.1) is 5.92 Å². The van der Waals surface area contributed by atoms with E-state index in [-0.39, 0.29) is 6.03 Å². The Kier molecular flexibility index (Phi) is 5.34. The monoisotopic (exact) mass is 300 g/mol. The van der Waals surface area contributed by atoms with Gasteiger partial charge in [0.25, 0.3) is 0 Å². The van der Waals surface area contributed by atoms with Crippen molar-refractivity contribution in [3.8, 4) is 0 Å². The minimum atomic E-state index is -0.227. The lowest BCUT2D eigenvalue weighted by Gasteiger charge is -2.21. The summed E-state index contributed by atoms with van der Waals surface area (Å²) in [6.07, 6.45) is 6.28. The Labute approximate surface area is 123 Å². The quantitative estimate of drug-likeness (QED) is 0.835. The van der Waals surface area contributed by atoms with Gasteiger partial charge in [-0.2, -0.15) is 0 Å². The highest BCUT2D eigenvalue weighted by atomic mass is 35.5. The SMILES string of the molecule is O=C(NCC1CCCCC1)Nc1cccc(Cl)c1Cl. The molecule has 1 aromatic carbocycles. The Morgan fingerprint density at radius 2 is 1.95 bits per heavy atom. The van der Waals surface area contributed by atoms with Crippen LogP contribution >= 0.6 is 23.2 Å². The first-order valence-corrected chi connectivity index (χ1v) is 7.41. The van der Waals surface area contributed by atoms with E-state index >= 15 is 0 Å². The second-order valence-corrected chi connectivity index (χ2v) is 5.73. The number of rotatable bonds is 3. The van der Waals surface area contributed by atoms with E-state index in [1.54, 1.807) is 18.2 Å². The summed E-state index contributed by atoms with van der Waals surface area (Å²) in [7, 11) is 0. The van der Waals surface area contributed by atoms with Crippen molar-refractivity contribution in [3.63, 3.8) is 0 Å². The fourth-order valence-electron chi connectivity index (χ4n) is 2.40.